The molecule has 2 amide bonds. The van der Waals surface area contributed by atoms with Crippen molar-refractivity contribution in [1.29, 1.82) is 0 Å². The smallest absolute Gasteiger partial charge is 0.348 e. The van der Waals surface area contributed by atoms with Gasteiger partial charge in [-0.25, -0.2) is 13.9 Å². The summed E-state index contributed by atoms with van der Waals surface area (Å²) in [4.78, 5) is 39.6. The highest BCUT2D eigenvalue weighted by molar-refractivity contribution is 7.20. The largest absolute Gasteiger partial charge is 0.451 e. The van der Waals surface area contributed by atoms with Gasteiger partial charge in [-0.1, -0.05) is 12.1 Å². The minimum Gasteiger partial charge on any atom is -0.451 e. The van der Waals surface area contributed by atoms with Crippen LogP contribution in [0.2, 0.25) is 0 Å². The second-order valence-electron chi connectivity index (χ2n) is 7.42. The monoisotopic (exact) mass is 464 g/mol. The number of nitrogens with one attached hydrogen (secondary N) is 1. The van der Waals surface area contributed by atoms with Crippen LogP contribution >= 0.6 is 11.3 Å². The third-order valence-corrected chi connectivity index (χ3v) is 6.31. The second kappa shape index (κ2) is 8.14. The number of aryl methyl sites for hydroxylation is 1. The Bertz CT molecular complexity index is 1410. The van der Waals surface area contributed by atoms with E-state index in [1.54, 1.807) is 47.1 Å². The van der Waals surface area contributed by atoms with Crippen LogP contribution in [0.25, 0.3) is 15.9 Å². The molecule has 5 rings (SSSR count). The molecule has 33 heavy (non-hydrogen) atoms. The standard InChI is InChI=1S/C23H17FN4O4S/c1-13-16-10-19(33-22(16)28(26-13)15-8-6-14(24)7-9-15)23(31)32-12-21(30)27-11-20(29)25-17-4-2-3-5-18(17)27/h2-10H,11-12H2,1H3,(H,25,29). The van der Waals surface area contributed by atoms with Gasteiger partial charge in [-0.2, -0.15) is 5.10 Å². The Morgan fingerprint density at radius 3 is 2.73 bits per heavy atom. The summed E-state index contributed by atoms with van der Waals surface area (Å²) in [6, 6.07) is 14.5. The number of esters is 1. The summed E-state index contributed by atoms with van der Waals surface area (Å²) in [5.74, 6) is -1.82. The van der Waals surface area contributed by atoms with Crippen molar-refractivity contribution in [3.05, 3.63) is 71.0 Å². The van der Waals surface area contributed by atoms with Crippen molar-refractivity contribution in [2.45, 2.75) is 6.92 Å². The van der Waals surface area contributed by atoms with Crippen LogP contribution in [0, 0.1) is 12.7 Å². The Balaban J connectivity index is 1.34. The van der Waals surface area contributed by atoms with Crippen molar-refractivity contribution >= 4 is 50.7 Å². The summed E-state index contributed by atoms with van der Waals surface area (Å²) in [6.45, 7) is 1.16. The van der Waals surface area contributed by atoms with E-state index in [1.807, 2.05) is 6.92 Å². The highest BCUT2D eigenvalue weighted by atomic mass is 32.1. The molecule has 0 fully saturated rings. The number of hydrogen-bond donors (Lipinski definition) is 1. The van der Waals surface area contributed by atoms with Crippen LogP contribution in [-0.2, 0) is 14.3 Å². The molecule has 0 saturated carbocycles. The average Bonchev–Trinajstić information content (AvgIpc) is 3.38. The van der Waals surface area contributed by atoms with E-state index in [0.29, 0.717) is 32.5 Å². The number of fused-ring (bicyclic) bond motifs is 2. The molecule has 4 aromatic rings. The first-order valence-electron chi connectivity index (χ1n) is 10.0. The molecule has 1 aliphatic heterocycles. The van der Waals surface area contributed by atoms with E-state index in [0.717, 1.165) is 5.39 Å². The van der Waals surface area contributed by atoms with E-state index >= 15 is 0 Å². The zero-order chi connectivity index (χ0) is 23.1. The topological polar surface area (TPSA) is 93.5 Å². The fourth-order valence-corrected chi connectivity index (χ4v) is 4.71. The Labute approximate surface area is 191 Å². The van der Waals surface area contributed by atoms with Crippen LogP contribution in [0.3, 0.4) is 0 Å². The van der Waals surface area contributed by atoms with Crippen LogP contribution in [0.5, 0.6) is 0 Å². The van der Waals surface area contributed by atoms with Crippen molar-refractivity contribution < 1.29 is 23.5 Å². The number of halogens is 1. The summed E-state index contributed by atoms with van der Waals surface area (Å²) >= 11 is 1.17. The molecular formula is C23H17FN4O4S. The maximum absolute atomic E-state index is 13.3. The lowest BCUT2D eigenvalue weighted by Gasteiger charge is -2.28. The van der Waals surface area contributed by atoms with E-state index in [1.165, 1.54) is 28.4 Å². The Morgan fingerprint density at radius 1 is 1.18 bits per heavy atom. The van der Waals surface area contributed by atoms with Crippen molar-refractivity contribution in [3.8, 4) is 5.69 Å². The molecule has 3 heterocycles. The minimum absolute atomic E-state index is 0.150. The molecule has 2 aromatic heterocycles. The van der Waals surface area contributed by atoms with Gasteiger partial charge in [0.25, 0.3) is 5.91 Å². The van der Waals surface area contributed by atoms with Gasteiger partial charge in [0, 0.05) is 5.39 Å². The van der Waals surface area contributed by atoms with Gasteiger partial charge >= 0.3 is 5.97 Å². The quantitative estimate of drug-likeness (QED) is 0.465. The van der Waals surface area contributed by atoms with Gasteiger partial charge in [-0.3, -0.25) is 14.5 Å². The number of carbonyl (C=O) groups excluding carboxylic acids is 3. The zero-order valence-corrected chi connectivity index (χ0v) is 18.2. The summed E-state index contributed by atoms with van der Waals surface area (Å²) in [5, 5.41) is 7.94. The van der Waals surface area contributed by atoms with Crippen LogP contribution in [-0.4, -0.2) is 40.7 Å². The minimum atomic E-state index is -0.649. The highest BCUT2D eigenvalue weighted by Crippen LogP contribution is 2.31. The second-order valence-corrected chi connectivity index (χ2v) is 8.46. The van der Waals surface area contributed by atoms with Crippen molar-refractivity contribution in [1.82, 2.24) is 9.78 Å². The molecule has 2 aromatic carbocycles. The van der Waals surface area contributed by atoms with Gasteiger partial charge in [0.05, 0.1) is 22.8 Å². The maximum atomic E-state index is 13.3. The third kappa shape index (κ3) is 3.85. The summed E-state index contributed by atoms with van der Waals surface area (Å²) in [5.41, 5.74) is 2.44. The summed E-state index contributed by atoms with van der Waals surface area (Å²) < 4.78 is 20.2. The molecule has 1 N–H and O–H groups in total. The van der Waals surface area contributed by atoms with E-state index in [9.17, 15) is 18.8 Å². The van der Waals surface area contributed by atoms with E-state index in [-0.39, 0.29) is 18.3 Å². The molecule has 0 atom stereocenters. The van der Waals surface area contributed by atoms with Gasteiger partial charge in [0.15, 0.2) is 6.61 Å². The number of benzene rings is 2. The number of aromatic nitrogens is 2. The van der Waals surface area contributed by atoms with E-state index < -0.39 is 18.5 Å². The Hall–Kier alpha value is -4.05. The molecule has 0 bridgehead atoms. The molecule has 1 aliphatic rings. The first-order chi connectivity index (χ1) is 15.9. The van der Waals surface area contributed by atoms with Crippen molar-refractivity contribution in [2.24, 2.45) is 0 Å². The maximum Gasteiger partial charge on any atom is 0.348 e. The predicted molar refractivity (Wildman–Crippen MR) is 121 cm³/mol. The number of hydrogen-bond acceptors (Lipinski definition) is 6. The van der Waals surface area contributed by atoms with Crippen molar-refractivity contribution in [3.63, 3.8) is 0 Å². The first kappa shape index (κ1) is 20.8. The fourth-order valence-electron chi connectivity index (χ4n) is 3.64. The van der Waals surface area contributed by atoms with Gasteiger partial charge in [-0.05, 0) is 49.4 Å². The number of ether oxygens (including phenoxy) is 1. The van der Waals surface area contributed by atoms with Crippen LogP contribution in [0.15, 0.2) is 54.6 Å². The number of anilines is 2. The lowest BCUT2D eigenvalue weighted by molar-refractivity contribution is -0.124. The van der Waals surface area contributed by atoms with Gasteiger partial charge < -0.3 is 10.1 Å². The number of carbonyl (C=O) groups is 3. The lowest BCUT2D eigenvalue weighted by atomic mass is 10.2. The molecule has 0 unspecified atom stereocenters. The highest BCUT2D eigenvalue weighted by Gasteiger charge is 2.27. The number of amides is 2. The van der Waals surface area contributed by atoms with Crippen molar-refractivity contribution in [2.75, 3.05) is 23.4 Å². The molecule has 0 aliphatic carbocycles. The average molecular weight is 464 g/mol. The normalized spacial score (nSPS) is 13.0. The van der Waals surface area contributed by atoms with Gasteiger partial charge in [0.1, 0.15) is 22.1 Å². The molecule has 0 saturated heterocycles. The van der Waals surface area contributed by atoms with Gasteiger partial charge in [-0.15, -0.1) is 11.3 Å². The molecule has 8 nitrogen and oxygen atoms in total. The third-order valence-electron chi connectivity index (χ3n) is 5.22. The van der Waals surface area contributed by atoms with Crippen LogP contribution < -0.4 is 10.2 Å². The van der Waals surface area contributed by atoms with Crippen LogP contribution in [0.4, 0.5) is 15.8 Å². The number of nitrogens with zero attached hydrogens (tertiary/aromatic N) is 3. The number of rotatable bonds is 4. The molecule has 10 heteroatoms. The van der Waals surface area contributed by atoms with Crippen LogP contribution in [0.1, 0.15) is 15.4 Å². The first-order valence-corrected chi connectivity index (χ1v) is 10.8. The fraction of sp³-hybridized carbons (Fsp3) is 0.130. The van der Waals surface area contributed by atoms with E-state index in [2.05, 4.69) is 10.4 Å². The van der Waals surface area contributed by atoms with Gasteiger partial charge in [0.2, 0.25) is 5.91 Å². The molecule has 0 radical (unpaired) electrons. The Morgan fingerprint density at radius 2 is 1.94 bits per heavy atom. The number of thiophene rings is 1. The zero-order valence-electron chi connectivity index (χ0n) is 17.4. The SMILES string of the molecule is Cc1nn(-c2ccc(F)cc2)c2sc(C(=O)OCC(=O)N3CC(=O)Nc4ccccc43)cc12. The lowest BCUT2D eigenvalue weighted by Crippen LogP contribution is -2.44. The number of para-hydroxylation sites is 2. The Kier molecular flexibility index (Phi) is 5.14. The molecule has 0 spiro atoms. The molecule has 166 valence electrons. The molecular weight excluding hydrogens is 447 g/mol. The summed E-state index contributed by atoms with van der Waals surface area (Å²) in [6.07, 6.45) is 0. The van der Waals surface area contributed by atoms with E-state index in [4.69, 9.17) is 4.74 Å². The predicted octanol–water partition coefficient (Wildman–Crippen LogP) is 3.68. The summed E-state index contributed by atoms with van der Waals surface area (Å²) in [7, 11) is 0.